The Balaban J connectivity index is 0.000000295. The van der Waals surface area contributed by atoms with E-state index in [-0.39, 0.29) is 6.04 Å². The van der Waals surface area contributed by atoms with Gasteiger partial charge in [-0.2, -0.15) is 4.57 Å². The molecule has 1 unspecified atom stereocenters. The fourth-order valence-electron chi connectivity index (χ4n) is 1.64. The van der Waals surface area contributed by atoms with Crippen molar-refractivity contribution in [3.63, 3.8) is 0 Å². The van der Waals surface area contributed by atoms with Crippen LogP contribution in [-0.2, 0) is 0 Å². The van der Waals surface area contributed by atoms with Crippen LogP contribution in [-0.4, -0.2) is 5.88 Å². The van der Waals surface area contributed by atoms with Crippen molar-refractivity contribution in [2.45, 2.75) is 6.04 Å². The second kappa shape index (κ2) is 6.05. The van der Waals surface area contributed by atoms with Gasteiger partial charge in [-0.3, -0.25) is 0 Å². The molecule has 0 N–H and O–H groups in total. The van der Waals surface area contributed by atoms with Gasteiger partial charge in [-0.15, -0.1) is 11.6 Å². The Hall–Kier alpha value is -1.33. The fourth-order valence-corrected chi connectivity index (χ4v) is 1.97. The molecule has 1 aromatic carbocycles. The molecule has 9 heteroatoms. The Morgan fingerprint density at radius 2 is 1.23 bits per heavy atom. The van der Waals surface area contributed by atoms with Crippen LogP contribution in [0, 0.1) is 0 Å². The molecule has 2 rings (SSSR count). The molecule has 0 radical (unpaired) electrons. The first kappa shape index (κ1) is 18.7. The third-order valence-corrected chi connectivity index (χ3v) is 2.72. The Morgan fingerprint density at radius 1 is 0.818 bits per heavy atom. The average molecular weight is 364 g/mol. The predicted octanol–water partition coefficient (Wildman–Crippen LogP) is 6.18. The van der Waals surface area contributed by atoms with E-state index in [9.17, 15) is 25.2 Å². The van der Waals surface area contributed by atoms with Gasteiger partial charge in [-0.1, -0.05) is 36.4 Å². The summed E-state index contributed by atoms with van der Waals surface area (Å²) in [4.78, 5) is 0. The number of nitrogens with zero attached hydrogens (tertiary/aromatic N) is 1. The summed E-state index contributed by atoms with van der Waals surface area (Å²) in [5.74, 6) is 0.582. The predicted molar refractivity (Wildman–Crippen MR) is 75.5 cm³/mol. The van der Waals surface area contributed by atoms with Gasteiger partial charge in [-0.05, 0) is 0 Å². The Bertz CT molecular complexity index is 537. The number of alkyl halides is 1. The summed E-state index contributed by atoms with van der Waals surface area (Å²) >= 11 is 6.02. The van der Waals surface area contributed by atoms with Crippen molar-refractivity contribution in [3.05, 3.63) is 66.5 Å². The van der Waals surface area contributed by atoms with E-state index >= 15 is 0 Å². The van der Waals surface area contributed by atoms with Crippen LogP contribution in [0.2, 0.25) is 0 Å². The van der Waals surface area contributed by atoms with Crippen molar-refractivity contribution in [1.82, 2.24) is 0 Å². The number of hydrogen-bond donors (Lipinski definition) is 0. The zero-order valence-corrected chi connectivity index (χ0v) is 12.7. The molecule has 124 valence electrons. The summed E-state index contributed by atoms with van der Waals surface area (Å²) in [6.07, 6.45) is 4.08. The number of aromatic nitrogens is 1. The first-order valence-corrected chi connectivity index (χ1v) is 8.56. The van der Waals surface area contributed by atoms with Crippen LogP contribution in [0.4, 0.5) is 25.2 Å². The molecule has 1 nitrogen and oxygen atoms in total. The Morgan fingerprint density at radius 3 is 1.64 bits per heavy atom. The summed E-state index contributed by atoms with van der Waals surface area (Å²) in [5, 5.41) is 0. The van der Waals surface area contributed by atoms with Gasteiger partial charge in [0.25, 0.3) is 0 Å². The zero-order chi connectivity index (χ0) is 16.9. The van der Waals surface area contributed by atoms with Gasteiger partial charge in [0.05, 0.1) is 5.88 Å². The maximum atomic E-state index is 9.87. The van der Waals surface area contributed by atoms with E-state index in [1.54, 1.807) is 0 Å². The monoisotopic (exact) mass is 363 g/mol. The van der Waals surface area contributed by atoms with Gasteiger partial charge in [0, 0.05) is 17.7 Å². The van der Waals surface area contributed by atoms with E-state index in [4.69, 9.17) is 11.6 Å². The van der Waals surface area contributed by atoms with Gasteiger partial charge in [0.1, 0.15) is 0 Å². The number of rotatable bonds is 3. The van der Waals surface area contributed by atoms with Crippen LogP contribution in [0.5, 0.6) is 0 Å². The minimum atomic E-state index is -10.7. The van der Waals surface area contributed by atoms with Crippen LogP contribution in [0.1, 0.15) is 11.6 Å². The maximum absolute atomic E-state index is 10.7. The number of halogens is 7. The van der Waals surface area contributed by atoms with Crippen LogP contribution in [0.15, 0.2) is 60.9 Å². The van der Waals surface area contributed by atoms with Crippen molar-refractivity contribution in [2.75, 3.05) is 5.88 Å². The number of benzene rings is 1. The van der Waals surface area contributed by atoms with Crippen molar-refractivity contribution in [1.29, 1.82) is 0 Å². The summed E-state index contributed by atoms with van der Waals surface area (Å²) in [7, 11) is -10.7. The molecule has 0 bridgehead atoms. The topological polar surface area (TPSA) is 3.88 Å². The van der Waals surface area contributed by atoms with Gasteiger partial charge in [-0.25, -0.2) is 0 Å². The third-order valence-electron chi connectivity index (χ3n) is 2.43. The van der Waals surface area contributed by atoms with Gasteiger partial charge in [0.15, 0.2) is 18.4 Å². The Kier molecular flexibility index (Phi) is 5.15. The molecule has 1 heterocycles. The standard InChI is InChI=1S/C13H13ClN.F6P/c14-11-13(12-7-3-1-4-8-12)15-9-5-2-6-10-15;1-7(2,3,4,5)6/h1-10,13H,11H2;/q+1;-1. The zero-order valence-electron chi connectivity index (χ0n) is 11.1. The second-order valence-electron chi connectivity index (χ2n) is 4.36. The van der Waals surface area contributed by atoms with Crippen LogP contribution >= 0.6 is 19.4 Å². The van der Waals surface area contributed by atoms with E-state index < -0.39 is 7.81 Å². The van der Waals surface area contributed by atoms with Crippen LogP contribution in [0.3, 0.4) is 0 Å². The minimum absolute atomic E-state index is 0.217. The molecule has 0 aliphatic carbocycles. The van der Waals surface area contributed by atoms with Crippen molar-refractivity contribution < 1.29 is 29.7 Å². The van der Waals surface area contributed by atoms with E-state index in [1.165, 1.54) is 5.56 Å². The summed E-state index contributed by atoms with van der Waals surface area (Å²) < 4.78 is 61.3. The number of hydrogen-bond acceptors (Lipinski definition) is 0. The van der Waals surface area contributed by atoms with E-state index in [2.05, 4.69) is 16.7 Å². The van der Waals surface area contributed by atoms with E-state index in [0.29, 0.717) is 5.88 Å². The van der Waals surface area contributed by atoms with Crippen molar-refractivity contribution >= 4 is 19.4 Å². The van der Waals surface area contributed by atoms with Crippen LogP contribution < -0.4 is 4.57 Å². The average Bonchev–Trinajstić information content (AvgIpc) is 2.38. The molecule has 1 atom stereocenters. The van der Waals surface area contributed by atoms with Crippen molar-refractivity contribution in [2.24, 2.45) is 0 Å². The molecular weight excluding hydrogens is 351 g/mol. The van der Waals surface area contributed by atoms with E-state index in [0.717, 1.165) is 0 Å². The Labute approximate surface area is 128 Å². The SMILES string of the molecule is ClCC(c1ccccc1)[n+]1ccccc1.F[P-](F)(F)(F)(F)F. The molecule has 1 aromatic heterocycles. The van der Waals surface area contributed by atoms with Gasteiger partial charge < -0.3 is 0 Å². The molecular formula is C13H13ClF6NP. The molecule has 0 aliphatic rings. The first-order valence-electron chi connectivity index (χ1n) is 6.00. The van der Waals surface area contributed by atoms with E-state index in [1.807, 2.05) is 48.8 Å². The summed E-state index contributed by atoms with van der Waals surface area (Å²) in [6, 6.07) is 16.6. The second-order valence-corrected chi connectivity index (χ2v) is 6.59. The molecule has 0 spiro atoms. The first-order chi connectivity index (χ1) is 9.86. The molecule has 0 fully saturated rings. The molecule has 0 saturated carbocycles. The van der Waals surface area contributed by atoms with Crippen LogP contribution in [0.25, 0.3) is 0 Å². The normalized spacial score (nSPS) is 15.8. The third kappa shape index (κ3) is 9.58. The molecule has 0 saturated heterocycles. The summed E-state index contributed by atoms with van der Waals surface area (Å²) in [5.41, 5.74) is 1.24. The molecule has 0 aliphatic heterocycles. The van der Waals surface area contributed by atoms with Gasteiger partial charge >= 0.3 is 33.0 Å². The molecule has 2 aromatic rings. The fraction of sp³-hybridized carbons (Fsp3) is 0.154. The summed E-state index contributed by atoms with van der Waals surface area (Å²) in [6.45, 7) is 0. The van der Waals surface area contributed by atoms with Crippen molar-refractivity contribution in [3.8, 4) is 0 Å². The molecule has 22 heavy (non-hydrogen) atoms. The number of pyridine rings is 1. The quantitative estimate of drug-likeness (QED) is 0.265. The van der Waals surface area contributed by atoms with Gasteiger partial charge in [0.2, 0.25) is 0 Å². The molecule has 0 amide bonds.